The first-order valence-corrected chi connectivity index (χ1v) is 7.88. The number of nitrogens with zero attached hydrogens (tertiary/aromatic N) is 3. The summed E-state index contributed by atoms with van der Waals surface area (Å²) in [6.45, 7) is 3.54. The van der Waals surface area contributed by atoms with Crippen LogP contribution in [0.1, 0.15) is 30.7 Å². The fourth-order valence-electron chi connectivity index (χ4n) is 1.29. The SMILES string of the molecule is CCc1nsc(Sc2sc([C@@H](C)O)cc2[N+](=O)[O-])n1. The maximum absolute atomic E-state index is 11.0. The molecule has 9 heteroatoms. The van der Waals surface area contributed by atoms with Crippen LogP contribution in [-0.4, -0.2) is 19.4 Å². The Morgan fingerprint density at radius 1 is 1.63 bits per heavy atom. The van der Waals surface area contributed by atoms with Gasteiger partial charge in [0.15, 0.2) is 4.34 Å². The molecule has 0 bridgehead atoms. The van der Waals surface area contributed by atoms with Crippen molar-refractivity contribution in [3.8, 4) is 0 Å². The van der Waals surface area contributed by atoms with Crippen molar-refractivity contribution < 1.29 is 10.0 Å². The summed E-state index contributed by atoms with van der Waals surface area (Å²) in [4.78, 5) is 15.4. The van der Waals surface area contributed by atoms with Gasteiger partial charge in [0.1, 0.15) is 10.0 Å². The third-order valence-electron chi connectivity index (χ3n) is 2.25. The predicted molar refractivity (Wildman–Crippen MR) is 75.0 cm³/mol. The second-order valence-corrected chi connectivity index (χ2v) is 7.04. The molecule has 0 fully saturated rings. The number of aliphatic hydroxyl groups is 1. The number of rotatable bonds is 5. The highest BCUT2D eigenvalue weighted by Crippen LogP contribution is 2.43. The minimum Gasteiger partial charge on any atom is -0.388 e. The largest absolute Gasteiger partial charge is 0.388 e. The normalized spacial score (nSPS) is 12.6. The van der Waals surface area contributed by atoms with Gasteiger partial charge in [-0.1, -0.05) is 6.92 Å². The Hall–Kier alpha value is -1.03. The van der Waals surface area contributed by atoms with E-state index in [9.17, 15) is 15.2 Å². The summed E-state index contributed by atoms with van der Waals surface area (Å²) in [5, 5.41) is 20.5. The van der Waals surface area contributed by atoms with Gasteiger partial charge < -0.3 is 5.11 Å². The van der Waals surface area contributed by atoms with E-state index in [0.29, 0.717) is 13.4 Å². The van der Waals surface area contributed by atoms with E-state index in [1.807, 2.05) is 6.92 Å². The van der Waals surface area contributed by atoms with Gasteiger partial charge in [0, 0.05) is 17.4 Å². The standard InChI is InChI=1S/C10H11N3O3S3/c1-3-8-11-10(19-12-8)18-9-6(13(15)16)4-7(17-9)5(2)14/h4-5,14H,3H2,1-2H3/t5-/m1/s1. The lowest BCUT2D eigenvalue weighted by molar-refractivity contribution is -0.387. The van der Waals surface area contributed by atoms with Crippen LogP contribution in [0.15, 0.2) is 14.6 Å². The number of hydrogen-bond acceptors (Lipinski definition) is 8. The molecule has 19 heavy (non-hydrogen) atoms. The minimum absolute atomic E-state index is 0.0131. The second kappa shape index (κ2) is 5.95. The summed E-state index contributed by atoms with van der Waals surface area (Å²) in [5.74, 6) is 0.738. The molecule has 0 aliphatic rings. The van der Waals surface area contributed by atoms with E-state index >= 15 is 0 Å². The van der Waals surface area contributed by atoms with Crippen molar-refractivity contribution in [3.05, 3.63) is 26.9 Å². The Balaban J connectivity index is 2.30. The minimum atomic E-state index is -0.710. The van der Waals surface area contributed by atoms with E-state index in [4.69, 9.17) is 0 Å². The molecule has 1 atom stereocenters. The van der Waals surface area contributed by atoms with Crippen molar-refractivity contribution in [2.24, 2.45) is 0 Å². The molecule has 0 saturated carbocycles. The molecule has 102 valence electrons. The quantitative estimate of drug-likeness (QED) is 0.672. The zero-order chi connectivity index (χ0) is 14.0. The number of aryl methyl sites for hydroxylation is 1. The number of aromatic nitrogens is 2. The fourth-order valence-corrected chi connectivity index (χ4v) is 4.49. The molecule has 6 nitrogen and oxygen atoms in total. The van der Waals surface area contributed by atoms with Gasteiger partial charge in [0.25, 0.3) is 5.69 Å². The van der Waals surface area contributed by atoms with E-state index in [2.05, 4.69) is 9.36 Å². The van der Waals surface area contributed by atoms with Crippen LogP contribution in [0.5, 0.6) is 0 Å². The Kier molecular flexibility index (Phi) is 4.50. The Morgan fingerprint density at radius 2 is 2.37 bits per heavy atom. The van der Waals surface area contributed by atoms with E-state index in [1.54, 1.807) is 6.92 Å². The molecule has 2 aromatic heterocycles. The first kappa shape index (κ1) is 14.4. The van der Waals surface area contributed by atoms with Gasteiger partial charge in [-0.05, 0) is 30.2 Å². The van der Waals surface area contributed by atoms with Crippen molar-refractivity contribution in [2.45, 2.75) is 34.9 Å². The number of hydrogen-bond donors (Lipinski definition) is 1. The zero-order valence-corrected chi connectivity index (χ0v) is 12.6. The molecule has 0 unspecified atom stereocenters. The fraction of sp³-hybridized carbons (Fsp3) is 0.400. The molecule has 0 aliphatic heterocycles. The number of nitro groups is 1. The van der Waals surface area contributed by atoms with Crippen LogP contribution in [0.25, 0.3) is 0 Å². The van der Waals surface area contributed by atoms with E-state index in [0.717, 1.165) is 12.2 Å². The van der Waals surface area contributed by atoms with Gasteiger partial charge in [-0.2, -0.15) is 4.37 Å². The van der Waals surface area contributed by atoms with Crippen LogP contribution in [0.4, 0.5) is 5.69 Å². The maximum atomic E-state index is 11.0. The molecule has 0 aromatic carbocycles. The molecule has 0 aliphatic carbocycles. The first-order chi connectivity index (χ1) is 9.01. The lowest BCUT2D eigenvalue weighted by atomic mass is 10.3. The highest BCUT2D eigenvalue weighted by atomic mass is 32.2. The summed E-state index contributed by atoms with van der Waals surface area (Å²) in [6.07, 6.45) is 0.0290. The van der Waals surface area contributed by atoms with Crippen LogP contribution >= 0.6 is 34.6 Å². The summed E-state index contributed by atoms with van der Waals surface area (Å²) in [6, 6.07) is 1.42. The van der Waals surface area contributed by atoms with Gasteiger partial charge >= 0.3 is 0 Å². The zero-order valence-electron chi connectivity index (χ0n) is 10.2. The van der Waals surface area contributed by atoms with Crippen molar-refractivity contribution in [1.82, 2.24) is 9.36 Å². The highest BCUT2D eigenvalue weighted by molar-refractivity contribution is 8.02. The Morgan fingerprint density at radius 3 is 2.89 bits per heavy atom. The van der Waals surface area contributed by atoms with Crippen LogP contribution in [0, 0.1) is 10.1 Å². The molecule has 2 heterocycles. The molecule has 1 N–H and O–H groups in total. The average Bonchev–Trinajstić information content (AvgIpc) is 2.96. The van der Waals surface area contributed by atoms with Crippen LogP contribution in [0.3, 0.4) is 0 Å². The molecule has 0 spiro atoms. The monoisotopic (exact) mass is 317 g/mol. The molecule has 2 rings (SSSR count). The van der Waals surface area contributed by atoms with Crippen LogP contribution in [-0.2, 0) is 6.42 Å². The van der Waals surface area contributed by atoms with Crippen molar-refractivity contribution >= 4 is 40.3 Å². The van der Waals surface area contributed by atoms with Crippen LogP contribution < -0.4 is 0 Å². The van der Waals surface area contributed by atoms with Crippen molar-refractivity contribution in [1.29, 1.82) is 0 Å². The van der Waals surface area contributed by atoms with E-state index < -0.39 is 11.0 Å². The predicted octanol–water partition coefficient (Wildman–Crippen LogP) is 3.27. The summed E-state index contributed by atoms with van der Waals surface area (Å²) < 4.78 is 5.35. The third kappa shape index (κ3) is 3.30. The molecule has 0 saturated heterocycles. The molecule has 0 radical (unpaired) electrons. The molecule has 0 amide bonds. The smallest absolute Gasteiger partial charge is 0.294 e. The van der Waals surface area contributed by atoms with Gasteiger partial charge in [-0.25, -0.2) is 4.98 Å². The third-order valence-corrected chi connectivity index (χ3v) is 5.53. The number of aliphatic hydroxyl groups excluding tert-OH is 1. The van der Waals surface area contributed by atoms with Gasteiger partial charge in [0.2, 0.25) is 0 Å². The van der Waals surface area contributed by atoms with E-state index in [-0.39, 0.29) is 5.69 Å². The Bertz CT molecular complexity index is 594. The topological polar surface area (TPSA) is 89.2 Å². The van der Waals surface area contributed by atoms with Crippen LogP contribution in [0.2, 0.25) is 0 Å². The first-order valence-electron chi connectivity index (χ1n) is 5.48. The Labute approximate surface area is 121 Å². The maximum Gasteiger partial charge on any atom is 0.294 e. The summed E-state index contributed by atoms with van der Waals surface area (Å²) in [5.41, 5.74) is 0.0131. The molecular weight excluding hydrogens is 306 g/mol. The van der Waals surface area contributed by atoms with Gasteiger partial charge in [-0.3, -0.25) is 10.1 Å². The lowest BCUT2D eigenvalue weighted by Gasteiger charge is -1.95. The summed E-state index contributed by atoms with van der Waals surface area (Å²) in [7, 11) is 0. The van der Waals surface area contributed by atoms with Crippen molar-refractivity contribution in [3.63, 3.8) is 0 Å². The average molecular weight is 317 g/mol. The van der Waals surface area contributed by atoms with Crippen molar-refractivity contribution in [2.75, 3.05) is 0 Å². The molecule has 2 aromatic rings. The van der Waals surface area contributed by atoms with Gasteiger partial charge in [0.05, 0.1) is 11.0 Å². The van der Waals surface area contributed by atoms with Gasteiger partial charge in [-0.15, -0.1) is 11.3 Å². The summed E-state index contributed by atoms with van der Waals surface area (Å²) >= 11 is 3.68. The molecular formula is C10H11N3O3S3. The van der Waals surface area contributed by atoms with E-state index in [1.165, 1.54) is 40.7 Å². The second-order valence-electron chi connectivity index (χ2n) is 3.69. The highest BCUT2D eigenvalue weighted by Gasteiger charge is 2.23. The lowest BCUT2D eigenvalue weighted by Crippen LogP contribution is -1.87. The number of thiophene rings is 1.